The number of benzene rings is 1. The number of ether oxygens (including phenoxy) is 4. The number of piperidine rings is 1. The van der Waals surface area contributed by atoms with Gasteiger partial charge in [0.25, 0.3) is 11.8 Å². The second-order valence-electron chi connectivity index (χ2n) is 8.26. The molecule has 2 aromatic rings. The summed E-state index contributed by atoms with van der Waals surface area (Å²) < 4.78 is 21.0. The maximum Gasteiger partial charge on any atom is 0.339 e. The van der Waals surface area contributed by atoms with Crippen LogP contribution in [-0.2, 0) is 9.53 Å². The highest BCUT2D eigenvalue weighted by Gasteiger charge is 2.37. The maximum atomic E-state index is 13.3. The van der Waals surface area contributed by atoms with Gasteiger partial charge in [0, 0.05) is 36.7 Å². The van der Waals surface area contributed by atoms with Crippen LogP contribution in [0.3, 0.4) is 0 Å². The molecule has 2 aliphatic rings. The van der Waals surface area contributed by atoms with Gasteiger partial charge in [-0.1, -0.05) is 0 Å². The van der Waals surface area contributed by atoms with Crippen LogP contribution in [0.4, 0.5) is 0 Å². The summed E-state index contributed by atoms with van der Waals surface area (Å²) in [7, 11) is 5.85. The Labute approximate surface area is 217 Å². The summed E-state index contributed by atoms with van der Waals surface area (Å²) in [4.78, 5) is 46.2. The Hall–Kier alpha value is -2.99. The number of likely N-dealkylation sites (tertiary alicyclic amines) is 1. The zero-order chi connectivity index (χ0) is 25.8. The Morgan fingerprint density at radius 1 is 0.944 bits per heavy atom. The number of methoxy groups -OCH3 is 4. The summed E-state index contributed by atoms with van der Waals surface area (Å²) in [6.45, 7) is 1.59. The molecule has 0 radical (unpaired) electrons. The Bertz CT molecular complexity index is 1130. The monoisotopic (exact) mass is 535 g/mol. The molecule has 10 nitrogen and oxygen atoms in total. The van der Waals surface area contributed by atoms with Crippen LogP contribution in [0.15, 0.2) is 17.5 Å². The van der Waals surface area contributed by atoms with Crippen LogP contribution in [0.1, 0.15) is 44.6 Å². The van der Waals surface area contributed by atoms with Crippen molar-refractivity contribution in [1.29, 1.82) is 0 Å². The van der Waals surface area contributed by atoms with Crippen LogP contribution >= 0.6 is 23.1 Å². The highest BCUT2D eigenvalue weighted by atomic mass is 32.2. The van der Waals surface area contributed by atoms with E-state index in [4.69, 9.17) is 18.9 Å². The largest absolute Gasteiger partial charge is 0.493 e. The van der Waals surface area contributed by atoms with Gasteiger partial charge in [-0.25, -0.2) is 9.78 Å². The van der Waals surface area contributed by atoms with Crippen LogP contribution in [0, 0.1) is 0 Å². The zero-order valence-corrected chi connectivity index (χ0v) is 22.3. The quantitative estimate of drug-likeness (QED) is 0.495. The number of carbonyl (C=O) groups excluding carboxylic acids is 3. The van der Waals surface area contributed by atoms with E-state index < -0.39 is 11.3 Å². The second-order valence-corrected chi connectivity index (χ2v) is 10.3. The topological polar surface area (TPSA) is 108 Å². The van der Waals surface area contributed by atoms with Crippen molar-refractivity contribution in [2.24, 2.45) is 0 Å². The molecule has 0 bridgehead atoms. The lowest BCUT2D eigenvalue weighted by Gasteiger charge is -2.31. The Morgan fingerprint density at radius 2 is 1.67 bits per heavy atom. The third kappa shape index (κ3) is 4.96. The summed E-state index contributed by atoms with van der Waals surface area (Å²) in [5, 5.41) is 1.99. The van der Waals surface area contributed by atoms with Gasteiger partial charge in [0.15, 0.2) is 16.9 Å². The Morgan fingerprint density at radius 3 is 2.31 bits per heavy atom. The van der Waals surface area contributed by atoms with Crippen LogP contribution in [-0.4, -0.2) is 91.8 Å². The number of thioether (sulfide) groups is 1. The van der Waals surface area contributed by atoms with Crippen molar-refractivity contribution >= 4 is 40.9 Å². The number of hydrogen-bond acceptors (Lipinski definition) is 10. The molecule has 2 fully saturated rings. The third-order valence-corrected chi connectivity index (χ3v) is 8.55. The Balaban J connectivity index is 1.41. The first-order chi connectivity index (χ1) is 17.4. The number of aromatic nitrogens is 1. The maximum absolute atomic E-state index is 13.3. The summed E-state index contributed by atoms with van der Waals surface area (Å²) in [6, 6.07) is 3.38. The lowest BCUT2D eigenvalue weighted by atomic mass is 9.96. The first-order valence-corrected chi connectivity index (χ1v) is 13.4. The summed E-state index contributed by atoms with van der Waals surface area (Å²) in [6.07, 6.45) is 1.46. The van der Waals surface area contributed by atoms with Gasteiger partial charge in [-0.2, -0.15) is 0 Å². The molecule has 0 spiro atoms. The molecule has 2 amide bonds. The van der Waals surface area contributed by atoms with Gasteiger partial charge in [0.2, 0.25) is 5.75 Å². The van der Waals surface area contributed by atoms with Gasteiger partial charge in [0.05, 0.1) is 39.0 Å². The standard InChI is InChI=1S/C24H29N3O7S2/c1-31-17-6-5-15(18(32-2)19(17)33-3)21(28)26-9-7-14(8-10-26)20-25-16(13-36-20)22(29)27-11-12-35-23(27)24(30)34-4/h5-6,13-14,23H,7-12H2,1-4H3. The molecular weight excluding hydrogens is 506 g/mol. The first kappa shape index (κ1) is 26.1. The predicted molar refractivity (Wildman–Crippen MR) is 135 cm³/mol. The van der Waals surface area contributed by atoms with Crippen LogP contribution in [0.25, 0.3) is 0 Å². The van der Waals surface area contributed by atoms with Gasteiger partial charge in [0.1, 0.15) is 5.69 Å². The molecule has 0 saturated carbocycles. The van der Waals surface area contributed by atoms with Crippen molar-refractivity contribution in [3.8, 4) is 17.2 Å². The van der Waals surface area contributed by atoms with Gasteiger partial charge < -0.3 is 28.7 Å². The third-order valence-electron chi connectivity index (χ3n) is 6.36. The molecule has 1 aromatic carbocycles. The van der Waals surface area contributed by atoms with E-state index in [1.54, 1.807) is 22.4 Å². The van der Waals surface area contributed by atoms with Gasteiger partial charge >= 0.3 is 5.97 Å². The fourth-order valence-electron chi connectivity index (χ4n) is 4.46. The van der Waals surface area contributed by atoms with E-state index in [9.17, 15) is 14.4 Å². The zero-order valence-electron chi connectivity index (χ0n) is 20.6. The molecule has 2 saturated heterocycles. The number of esters is 1. The fraction of sp³-hybridized carbons (Fsp3) is 0.500. The molecule has 1 unspecified atom stereocenters. The smallest absolute Gasteiger partial charge is 0.339 e. The Kier molecular flexibility index (Phi) is 8.24. The molecule has 4 rings (SSSR count). The first-order valence-electron chi connectivity index (χ1n) is 11.5. The van der Waals surface area contributed by atoms with Crippen LogP contribution in [0.2, 0.25) is 0 Å². The van der Waals surface area contributed by atoms with Crippen molar-refractivity contribution in [1.82, 2.24) is 14.8 Å². The molecule has 0 N–H and O–H groups in total. The number of thiazole rings is 1. The van der Waals surface area contributed by atoms with E-state index >= 15 is 0 Å². The molecule has 0 aliphatic carbocycles. The number of rotatable bonds is 7. The number of hydrogen-bond donors (Lipinski definition) is 0. The lowest BCUT2D eigenvalue weighted by Crippen LogP contribution is -2.40. The van der Waals surface area contributed by atoms with Gasteiger partial charge in [-0.15, -0.1) is 23.1 Å². The minimum atomic E-state index is -0.629. The van der Waals surface area contributed by atoms with Crippen molar-refractivity contribution in [3.05, 3.63) is 33.8 Å². The normalized spacial score (nSPS) is 18.2. The minimum Gasteiger partial charge on any atom is -0.493 e. The van der Waals surface area contributed by atoms with E-state index in [1.807, 2.05) is 0 Å². The van der Waals surface area contributed by atoms with Crippen LogP contribution in [0.5, 0.6) is 17.2 Å². The van der Waals surface area contributed by atoms with Crippen molar-refractivity contribution < 1.29 is 33.3 Å². The van der Waals surface area contributed by atoms with E-state index in [-0.39, 0.29) is 17.7 Å². The summed E-state index contributed by atoms with van der Waals surface area (Å²) in [5.41, 5.74) is 0.763. The van der Waals surface area contributed by atoms with Crippen molar-refractivity contribution in [3.63, 3.8) is 0 Å². The summed E-state index contributed by atoms with van der Waals surface area (Å²) in [5.74, 6) is 1.22. The summed E-state index contributed by atoms with van der Waals surface area (Å²) >= 11 is 2.84. The van der Waals surface area contributed by atoms with Crippen LogP contribution < -0.4 is 14.2 Å². The van der Waals surface area contributed by atoms with E-state index in [0.717, 1.165) is 17.8 Å². The van der Waals surface area contributed by atoms with Gasteiger partial charge in [-0.3, -0.25) is 9.59 Å². The van der Waals surface area contributed by atoms with E-state index in [1.165, 1.54) is 56.4 Å². The fourth-order valence-corrected chi connectivity index (χ4v) is 6.57. The molecule has 1 atom stereocenters. The lowest BCUT2D eigenvalue weighted by molar-refractivity contribution is -0.142. The molecule has 1 aromatic heterocycles. The second kappa shape index (κ2) is 11.4. The molecule has 12 heteroatoms. The average Bonchev–Trinajstić information content (AvgIpc) is 3.61. The van der Waals surface area contributed by atoms with Gasteiger partial charge in [-0.05, 0) is 25.0 Å². The molecular formula is C24H29N3O7S2. The number of nitrogens with zero attached hydrogens (tertiary/aromatic N) is 3. The highest BCUT2D eigenvalue weighted by Crippen LogP contribution is 2.41. The minimum absolute atomic E-state index is 0.137. The molecule has 2 aliphatic heterocycles. The molecule has 36 heavy (non-hydrogen) atoms. The van der Waals surface area contributed by atoms with E-state index in [0.29, 0.717) is 53.9 Å². The molecule has 194 valence electrons. The highest BCUT2D eigenvalue weighted by molar-refractivity contribution is 8.00. The predicted octanol–water partition coefficient (Wildman–Crippen LogP) is 2.88. The average molecular weight is 536 g/mol. The van der Waals surface area contributed by atoms with Crippen molar-refractivity contribution in [2.45, 2.75) is 24.1 Å². The molecule has 3 heterocycles. The van der Waals surface area contributed by atoms with E-state index in [2.05, 4.69) is 4.98 Å². The number of amides is 2. The SMILES string of the molecule is COC(=O)C1SCCN1C(=O)c1csc(C2CCN(C(=O)c3ccc(OC)c(OC)c3OC)CC2)n1. The van der Waals surface area contributed by atoms with Crippen molar-refractivity contribution in [2.75, 3.05) is 53.8 Å². The number of carbonyl (C=O) groups is 3.